The fourth-order valence-corrected chi connectivity index (χ4v) is 4.97. The van der Waals surface area contributed by atoms with E-state index in [1.807, 2.05) is 6.92 Å². The Kier molecular flexibility index (Phi) is 9.32. The number of halogens is 1. The summed E-state index contributed by atoms with van der Waals surface area (Å²) in [6, 6.07) is 4.18. The zero-order valence-corrected chi connectivity index (χ0v) is 22.4. The summed E-state index contributed by atoms with van der Waals surface area (Å²) in [5, 5.41) is 28.9. The average molecular weight is 571 g/mol. The Morgan fingerprint density at radius 2 is 1.78 bits per heavy atom. The molecule has 1 fully saturated rings. The SMILES string of the molecule is Cc1c(/C=C2\C(=O)Nc3ccc(F)cc32)[nH]c2c1C(=O)N(C[C@@H](O)CN1CCOCC1)CC2.O=C(O)/C=C\C(=O)O. The van der Waals surface area contributed by atoms with E-state index in [0.29, 0.717) is 73.0 Å². The van der Waals surface area contributed by atoms with E-state index in [9.17, 15) is 28.7 Å². The van der Waals surface area contributed by atoms with Crippen molar-refractivity contribution in [3.8, 4) is 0 Å². The molecule has 1 aromatic heterocycles. The van der Waals surface area contributed by atoms with Crippen LogP contribution in [0, 0.1) is 12.7 Å². The molecule has 0 spiro atoms. The number of H-pyrrole nitrogens is 1. The lowest BCUT2D eigenvalue weighted by molar-refractivity contribution is -0.134. The van der Waals surface area contributed by atoms with Crippen molar-refractivity contribution in [2.24, 2.45) is 0 Å². The summed E-state index contributed by atoms with van der Waals surface area (Å²) in [5.41, 5.74) is 4.24. The van der Waals surface area contributed by atoms with Gasteiger partial charge in [-0.3, -0.25) is 14.5 Å². The molecule has 218 valence electrons. The summed E-state index contributed by atoms with van der Waals surface area (Å²) in [6.07, 6.45) is 2.79. The van der Waals surface area contributed by atoms with Crippen LogP contribution >= 0.6 is 0 Å². The van der Waals surface area contributed by atoms with Gasteiger partial charge in [-0.2, -0.15) is 0 Å². The minimum Gasteiger partial charge on any atom is -0.478 e. The van der Waals surface area contributed by atoms with Crippen LogP contribution in [-0.2, 0) is 25.5 Å². The Labute approximate surface area is 234 Å². The second kappa shape index (κ2) is 12.9. The molecule has 12 nitrogen and oxygen atoms in total. The van der Waals surface area contributed by atoms with E-state index in [2.05, 4.69) is 15.2 Å². The van der Waals surface area contributed by atoms with Crippen molar-refractivity contribution in [1.82, 2.24) is 14.8 Å². The van der Waals surface area contributed by atoms with Gasteiger partial charge in [-0.15, -0.1) is 0 Å². The molecule has 2 amide bonds. The number of carboxylic acids is 2. The molecule has 5 N–H and O–H groups in total. The fourth-order valence-electron chi connectivity index (χ4n) is 4.97. The van der Waals surface area contributed by atoms with Gasteiger partial charge in [0, 0.05) is 73.9 Å². The van der Waals surface area contributed by atoms with Crippen LogP contribution in [0.5, 0.6) is 0 Å². The van der Waals surface area contributed by atoms with Crippen LogP contribution in [0.1, 0.15) is 32.9 Å². The summed E-state index contributed by atoms with van der Waals surface area (Å²) in [5.74, 6) is -3.36. The summed E-state index contributed by atoms with van der Waals surface area (Å²) >= 11 is 0. The molecule has 0 aliphatic carbocycles. The molecule has 2 aromatic rings. The Balaban J connectivity index is 0.000000426. The lowest BCUT2D eigenvalue weighted by Crippen LogP contribution is -2.47. The largest absolute Gasteiger partial charge is 0.478 e. The molecule has 0 bridgehead atoms. The highest BCUT2D eigenvalue weighted by molar-refractivity contribution is 6.35. The summed E-state index contributed by atoms with van der Waals surface area (Å²) in [6.45, 7) is 6.02. The summed E-state index contributed by atoms with van der Waals surface area (Å²) in [4.78, 5) is 51.9. The van der Waals surface area contributed by atoms with E-state index in [1.165, 1.54) is 12.1 Å². The molecule has 5 rings (SSSR count). The first-order valence-corrected chi connectivity index (χ1v) is 13.0. The van der Waals surface area contributed by atoms with Crippen LogP contribution < -0.4 is 5.32 Å². The fraction of sp³-hybridized carbons (Fsp3) is 0.357. The lowest BCUT2D eigenvalue weighted by atomic mass is 10.0. The molecule has 0 radical (unpaired) electrons. The van der Waals surface area contributed by atoms with Gasteiger partial charge in [-0.25, -0.2) is 14.0 Å². The molecule has 0 saturated carbocycles. The highest BCUT2D eigenvalue weighted by atomic mass is 19.1. The third-order valence-electron chi connectivity index (χ3n) is 6.92. The molecule has 1 atom stereocenters. The van der Waals surface area contributed by atoms with Crippen molar-refractivity contribution in [1.29, 1.82) is 0 Å². The predicted molar refractivity (Wildman–Crippen MR) is 146 cm³/mol. The number of nitrogens with zero attached hydrogens (tertiary/aromatic N) is 2. The van der Waals surface area contributed by atoms with Crippen molar-refractivity contribution in [3.05, 3.63) is 64.2 Å². The number of aromatic amines is 1. The molecule has 1 saturated heterocycles. The maximum atomic E-state index is 13.8. The number of aliphatic hydroxyl groups excluding tert-OH is 1. The first kappa shape index (κ1) is 29.6. The highest BCUT2D eigenvalue weighted by Crippen LogP contribution is 2.35. The molecule has 1 aromatic carbocycles. The summed E-state index contributed by atoms with van der Waals surface area (Å²) < 4.78 is 19.1. The number of amides is 2. The van der Waals surface area contributed by atoms with Gasteiger partial charge < -0.3 is 35.3 Å². The van der Waals surface area contributed by atoms with Gasteiger partial charge >= 0.3 is 11.9 Å². The Morgan fingerprint density at radius 3 is 2.44 bits per heavy atom. The molecule has 13 heteroatoms. The van der Waals surface area contributed by atoms with Crippen LogP contribution in [0.4, 0.5) is 10.1 Å². The van der Waals surface area contributed by atoms with Crippen molar-refractivity contribution in [2.75, 3.05) is 51.3 Å². The van der Waals surface area contributed by atoms with Crippen LogP contribution in [0.15, 0.2) is 30.4 Å². The zero-order valence-electron chi connectivity index (χ0n) is 22.4. The highest BCUT2D eigenvalue weighted by Gasteiger charge is 2.32. The maximum absolute atomic E-state index is 13.8. The quantitative estimate of drug-likeness (QED) is 0.308. The molecule has 3 aliphatic rings. The van der Waals surface area contributed by atoms with E-state index in [-0.39, 0.29) is 18.4 Å². The van der Waals surface area contributed by atoms with Gasteiger partial charge in [0.05, 0.1) is 30.5 Å². The van der Waals surface area contributed by atoms with E-state index < -0.39 is 23.9 Å². The van der Waals surface area contributed by atoms with Crippen molar-refractivity contribution in [3.63, 3.8) is 0 Å². The number of aliphatic carboxylic acids is 2. The number of benzene rings is 1. The number of β-amino-alcohol motifs (C(OH)–C–C–N with tert-alkyl or cyclic N) is 1. The van der Waals surface area contributed by atoms with Crippen LogP contribution in [0.2, 0.25) is 0 Å². The van der Waals surface area contributed by atoms with Gasteiger partial charge in [0.1, 0.15) is 5.82 Å². The predicted octanol–water partition coefficient (Wildman–Crippen LogP) is 1.36. The smallest absolute Gasteiger partial charge is 0.328 e. The minimum atomic E-state index is -1.26. The second-order valence-corrected chi connectivity index (χ2v) is 9.80. The Morgan fingerprint density at radius 1 is 1.10 bits per heavy atom. The third kappa shape index (κ3) is 7.25. The number of carbonyl (C=O) groups excluding carboxylic acids is 2. The normalized spacial score (nSPS) is 18.5. The number of morpholine rings is 1. The second-order valence-electron chi connectivity index (χ2n) is 9.80. The number of aromatic nitrogens is 1. The number of ether oxygens (including phenoxy) is 1. The third-order valence-corrected chi connectivity index (χ3v) is 6.92. The van der Waals surface area contributed by atoms with Crippen molar-refractivity contribution >= 4 is 41.1 Å². The van der Waals surface area contributed by atoms with Gasteiger partial charge in [-0.05, 0) is 36.8 Å². The van der Waals surface area contributed by atoms with Gasteiger partial charge in [0.2, 0.25) is 0 Å². The number of carboxylic acid groups (broad SMARTS) is 2. The number of rotatable bonds is 7. The molecule has 41 heavy (non-hydrogen) atoms. The standard InChI is InChI=1S/C24H27FN4O4.C4H4O4/c1-14-21(11-18-17-10-15(25)2-3-19(17)27-23(18)31)26-20-4-5-29(24(32)22(14)20)13-16(30)12-28-6-8-33-9-7-28;5-3(6)1-2-4(7)8/h2-3,10-11,16,26,30H,4-9,12-13H2,1H3,(H,27,31);1-2H,(H,5,6)(H,7,8)/b18-11-;2-1-/t16-;/m0./s1. The van der Waals surface area contributed by atoms with Crippen molar-refractivity contribution in [2.45, 2.75) is 19.4 Å². The van der Waals surface area contributed by atoms with E-state index >= 15 is 0 Å². The van der Waals surface area contributed by atoms with Crippen LogP contribution in [0.25, 0.3) is 11.6 Å². The average Bonchev–Trinajstić information content (AvgIpc) is 3.41. The topological polar surface area (TPSA) is 172 Å². The number of carbonyl (C=O) groups is 4. The lowest BCUT2D eigenvalue weighted by Gasteiger charge is -2.32. The molecule has 0 unspecified atom stereocenters. The van der Waals surface area contributed by atoms with Crippen LogP contribution in [0.3, 0.4) is 0 Å². The van der Waals surface area contributed by atoms with E-state index in [4.69, 9.17) is 14.9 Å². The van der Waals surface area contributed by atoms with Crippen molar-refractivity contribution < 1.29 is 43.6 Å². The number of anilines is 1. The summed E-state index contributed by atoms with van der Waals surface area (Å²) in [7, 11) is 0. The first-order valence-electron chi connectivity index (χ1n) is 13.0. The number of aliphatic hydroxyl groups is 1. The number of nitrogens with one attached hydrogen (secondary N) is 2. The molecule has 3 aliphatic heterocycles. The minimum absolute atomic E-state index is 0.127. The first-order chi connectivity index (χ1) is 19.5. The molecular weight excluding hydrogens is 539 g/mol. The number of hydrogen-bond donors (Lipinski definition) is 5. The van der Waals surface area contributed by atoms with Gasteiger partial charge in [0.25, 0.3) is 11.8 Å². The van der Waals surface area contributed by atoms with Crippen LogP contribution in [-0.4, -0.2) is 106 Å². The van der Waals surface area contributed by atoms with E-state index in [1.54, 1.807) is 17.0 Å². The monoisotopic (exact) mass is 570 g/mol. The Hall–Kier alpha value is -4.33. The molecule has 4 heterocycles. The number of hydrogen-bond acceptors (Lipinski definition) is 7. The number of fused-ring (bicyclic) bond motifs is 2. The Bertz CT molecular complexity index is 1390. The van der Waals surface area contributed by atoms with Gasteiger partial charge in [0.15, 0.2) is 0 Å². The van der Waals surface area contributed by atoms with E-state index in [0.717, 1.165) is 24.3 Å². The zero-order chi connectivity index (χ0) is 29.7. The van der Waals surface area contributed by atoms with Gasteiger partial charge in [-0.1, -0.05) is 0 Å². The maximum Gasteiger partial charge on any atom is 0.328 e. The molecular formula is C28H31FN4O8.